The minimum Gasteiger partial charge on any atom is -0.506 e. The van der Waals surface area contributed by atoms with Gasteiger partial charge >= 0.3 is 5.97 Å². The van der Waals surface area contributed by atoms with Crippen LogP contribution in [0.5, 0.6) is 5.75 Å². The van der Waals surface area contributed by atoms with E-state index in [4.69, 9.17) is 4.74 Å². The van der Waals surface area contributed by atoms with Crippen molar-refractivity contribution in [3.8, 4) is 5.75 Å². The van der Waals surface area contributed by atoms with E-state index in [0.717, 1.165) is 15.9 Å². The first-order chi connectivity index (χ1) is 13.7. The highest BCUT2D eigenvalue weighted by molar-refractivity contribution is 7.92. The maximum atomic E-state index is 12.3. The summed E-state index contributed by atoms with van der Waals surface area (Å²) in [6.45, 7) is -0.508. The molecule has 0 radical (unpaired) electrons. The second-order valence-electron chi connectivity index (χ2n) is 6.46. The summed E-state index contributed by atoms with van der Waals surface area (Å²) in [4.78, 5) is 24.6. The molecule has 0 aromatic heterocycles. The molecule has 8 heteroatoms. The number of ether oxygens (including phenoxy) is 1. The SMILES string of the molecule is CN(c1ccc(C(=O)COC(=O)c2ccc3ccccc3c2O)cc1)S(C)(=O)=O. The first kappa shape index (κ1) is 20.3. The highest BCUT2D eigenvalue weighted by Crippen LogP contribution is 2.29. The van der Waals surface area contributed by atoms with Crippen molar-refractivity contribution >= 4 is 38.2 Å². The van der Waals surface area contributed by atoms with E-state index in [1.165, 1.54) is 37.4 Å². The second-order valence-corrected chi connectivity index (χ2v) is 8.47. The predicted octanol–water partition coefficient (Wildman–Crippen LogP) is 2.98. The fraction of sp³-hybridized carbons (Fsp3) is 0.143. The molecule has 29 heavy (non-hydrogen) atoms. The Morgan fingerprint density at radius 2 is 1.66 bits per heavy atom. The molecular formula is C21H19NO6S. The fourth-order valence-corrected chi connectivity index (χ4v) is 3.27. The van der Waals surface area contributed by atoms with Gasteiger partial charge in [0.2, 0.25) is 10.0 Å². The van der Waals surface area contributed by atoms with Gasteiger partial charge in [-0.05, 0) is 35.7 Å². The molecule has 0 amide bonds. The van der Waals surface area contributed by atoms with E-state index in [1.807, 2.05) is 6.07 Å². The Morgan fingerprint density at radius 1 is 1.00 bits per heavy atom. The number of ketones is 1. The minimum absolute atomic E-state index is 0.0263. The number of phenolic OH excluding ortho intramolecular Hbond substituents is 1. The van der Waals surface area contributed by atoms with E-state index < -0.39 is 28.4 Å². The zero-order valence-electron chi connectivity index (χ0n) is 15.8. The number of nitrogens with zero attached hydrogens (tertiary/aromatic N) is 1. The van der Waals surface area contributed by atoms with Gasteiger partial charge in [-0.3, -0.25) is 9.10 Å². The summed E-state index contributed by atoms with van der Waals surface area (Å²) in [6.07, 6.45) is 1.08. The lowest BCUT2D eigenvalue weighted by Crippen LogP contribution is -2.24. The third kappa shape index (κ3) is 4.38. The molecule has 0 fully saturated rings. The molecule has 7 nitrogen and oxygen atoms in total. The number of phenols is 1. The van der Waals surface area contributed by atoms with E-state index >= 15 is 0 Å². The van der Waals surface area contributed by atoms with Gasteiger partial charge in [0, 0.05) is 18.0 Å². The predicted molar refractivity (Wildman–Crippen MR) is 110 cm³/mol. The van der Waals surface area contributed by atoms with Crippen LogP contribution in [0.1, 0.15) is 20.7 Å². The number of Topliss-reactive ketones (excluding diaryl/α,β-unsaturated/α-hetero) is 1. The summed E-state index contributed by atoms with van der Waals surface area (Å²) < 4.78 is 29.2. The molecule has 0 aliphatic rings. The molecule has 0 spiro atoms. The van der Waals surface area contributed by atoms with Crippen molar-refractivity contribution in [3.63, 3.8) is 0 Å². The van der Waals surface area contributed by atoms with Crippen LogP contribution in [0.25, 0.3) is 10.8 Å². The van der Waals surface area contributed by atoms with Crippen LogP contribution in [0.4, 0.5) is 5.69 Å². The molecule has 3 rings (SSSR count). The van der Waals surface area contributed by atoms with Crippen LogP contribution in [0, 0.1) is 0 Å². The summed E-state index contributed by atoms with van der Waals surface area (Å²) >= 11 is 0. The molecular weight excluding hydrogens is 394 g/mol. The zero-order valence-corrected chi connectivity index (χ0v) is 16.6. The van der Waals surface area contributed by atoms with Gasteiger partial charge in [-0.15, -0.1) is 0 Å². The van der Waals surface area contributed by atoms with Crippen molar-refractivity contribution in [3.05, 3.63) is 71.8 Å². The molecule has 0 atom stereocenters. The summed E-state index contributed by atoms with van der Waals surface area (Å²) in [5.41, 5.74) is 0.648. The van der Waals surface area contributed by atoms with Gasteiger partial charge in [0.1, 0.15) is 11.3 Å². The van der Waals surface area contributed by atoms with E-state index in [2.05, 4.69) is 0 Å². The molecule has 0 heterocycles. The first-order valence-electron chi connectivity index (χ1n) is 8.63. The number of hydrogen-bond acceptors (Lipinski definition) is 6. The van der Waals surface area contributed by atoms with E-state index in [0.29, 0.717) is 11.1 Å². The standard InChI is InChI=1S/C21H19NO6S/c1-22(29(2,26)27)16-10-7-15(8-11-16)19(23)13-28-21(25)18-12-9-14-5-3-4-6-17(14)20(18)24/h3-12,24H,13H2,1-2H3. The lowest BCUT2D eigenvalue weighted by Gasteiger charge is -2.16. The van der Waals surface area contributed by atoms with Crippen LogP contribution < -0.4 is 4.31 Å². The number of benzene rings is 3. The summed E-state index contributed by atoms with van der Waals surface area (Å²) in [5.74, 6) is -1.46. The van der Waals surface area contributed by atoms with Crippen molar-refractivity contribution in [1.29, 1.82) is 0 Å². The van der Waals surface area contributed by atoms with Gasteiger partial charge in [-0.1, -0.05) is 30.3 Å². The number of anilines is 1. The number of aromatic hydroxyl groups is 1. The number of hydrogen-bond donors (Lipinski definition) is 1. The van der Waals surface area contributed by atoms with Crippen LogP contribution in [-0.4, -0.2) is 45.2 Å². The van der Waals surface area contributed by atoms with E-state index in [9.17, 15) is 23.1 Å². The maximum Gasteiger partial charge on any atom is 0.342 e. The molecule has 3 aromatic carbocycles. The third-order valence-electron chi connectivity index (χ3n) is 4.51. The molecule has 0 saturated carbocycles. The summed E-state index contributed by atoms with van der Waals surface area (Å²) in [5, 5.41) is 11.6. The van der Waals surface area contributed by atoms with Crippen LogP contribution in [0.2, 0.25) is 0 Å². The lowest BCUT2D eigenvalue weighted by molar-refractivity contribution is 0.0472. The topological polar surface area (TPSA) is 101 Å². The maximum absolute atomic E-state index is 12.3. The van der Waals surface area contributed by atoms with Crippen LogP contribution >= 0.6 is 0 Å². The van der Waals surface area contributed by atoms with Gasteiger partial charge in [-0.2, -0.15) is 0 Å². The highest BCUT2D eigenvalue weighted by Gasteiger charge is 2.18. The average molecular weight is 413 g/mol. The Balaban J connectivity index is 1.69. The second kappa shape index (κ2) is 7.92. The Morgan fingerprint density at radius 3 is 2.31 bits per heavy atom. The van der Waals surface area contributed by atoms with Crippen molar-refractivity contribution < 1.29 is 27.9 Å². The minimum atomic E-state index is -3.41. The highest BCUT2D eigenvalue weighted by atomic mass is 32.2. The molecule has 0 aliphatic carbocycles. The molecule has 0 unspecified atom stereocenters. The summed E-state index contributed by atoms with van der Waals surface area (Å²) in [6, 6.07) is 16.1. The van der Waals surface area contributed by atoms with Gasteiger partial charge in [-0.25, -0.2) is 13.2 Å². The van der Waals surface area contributed by atoms with Crippen molar-refractivity contribution in [2.75, 3.05) is 24.2 Å². The number of rotatable bonds is 6. The quantitative estimate of drug-likeness (QED) is 0.492. The van der Waals surface area contributed by atoms with Crippen molar-refractivity contribution in [2.24, 2.45) is 0 Å². The van der Waals surface area contributed by atoms with Gasteiger partial charge in [0.25, 0.3) is 0 Å². The number of fused-ring (bicyclic) bond motifs is 1. The van der Waals surface area contributed by atoms with Crippen LogP contribution in [-0.2, 0) is 14.8 Å². The number of carbonyl (C=O) groups is 2. The lowest BCUT2D eigenvalue weighted by atomic mass is 10.1. The zero-order chi connectivity index (χ0) is 21.2. The Bertz CT molecular complexity index is 1190. The fourth-order valence-electron chi connectivity index (χ4n) is 2.76. The van der Waals surface area contributed by atoms with Crippen molar-refractivity contribution in [2.45, 2.75) is 0 Å². The molecule has 3 aromatic rings. The Kier molecular flexibility index (Phi) is 5.56. The molecule has 150 valence electrons. The largest absolute Gasteiger partial charge is 0.506 e. The first-order valence-corrected chi connectivity index (χ1v) is 10.5. The van der Waals surface area contributed by atoms with Crippen LogP contribution in [0.15, 0.2) is 60.7 Å². The smallest absolute Gasteiger partial charge is 0.342 e. The van der Waals surface area contributed by atoms with E-state index in [1.54, 1.807) is 24.3 Å². The number of carbonyl (C=O) groups excluding carboxylic acids is 2. The normalized spacial score (nSPS) is 11.2. The van der Waals surface area contributed by atoms with Crippen molar-refractivity contribution in [1.82, 2.24) is 0 Å². The van der Waals surface area contributed by atoms with Gasteiger partial charge < -0.3 is 9.84 Å². The Labute approximate surface area is 168 Å². The summed E-state index contributed by atoms with van der Waals surface area (Å²) in [7, 11) is -2.00. The molecule has 0 bridgehead atoms. The molecule has 0 aliphatic heterocycles. The average Bonchev–Trinajstić information content (AvgIpc) is 2.71. The number of sulfonamides is 1. The Hall–Kier alpha value is -3.39. The van der Waals surface area contributed by atoms with E-state index in [-0.39, 0.29) is 16.9 Å². The van der Waals surface area contributed by atoms with Gasteiger partial charge in [0.15, 0.2) is 12.4 Å². The third-order valence-corrected chi connectivity index (χ3v) is 5.71. The van der Waals surface area contributed by atoms with Gasteiger partial charge in [0.05, 0.1) is 11.9 Å². The molecule has 1 N–H and O–H groups in total. The molecule has 0 saturated heterocycles. The number of esters is 1. The monoisotopic (exact) mass is 413 g/mol. The van der Waals surface area contributed by atoms with Crippen LogP contribution in [0.3, 0.4) is 0 Å².